The molecule has 0 saturated heterocycles. The van der Waals surface area contributed by atoms with Crippen LogP contribution in [-0.4, -0.2) is 15.1 Å². The van der Waals surface area contributed by atoms with Crippen LogP contribution in [0.4, 0.5) is 0 Å². The molecule has 3 aromatic carbocycles. The number of hydrogen-bond donors (Lipinski definition) is 1. The molecule has 5 aromatic rings. The van der Waals surface area contributed by atoms with Crippen molar-refractivity contribution in [3.05, 3.63) is 102 Å². The van der Waals surface area contributed by atoms with Crippen LogP contribution in [0.1, 0.15) is 52.7 Å². The summed E-state index contributed by atoms with van der Waals surface area (Å²) in [6, 6.07) is 30.1. The number of phenolic OH excluding ortho intramolecular Hbond substituents is 1. The van der Waals surface area contributed by atoms with E-state index < -0.39 is 0 Å². The first-order valence-corrected chi connectivity index (χ1v) is 12.7. The number of para-hydroxylation sites is 2. The molecule has 4 heteroatoms. The fraction of sp³-hybridized carbons (Fsp3) is 0.235. The molecule has 38 heavy (non-hydrogen) atoms. The van der Waals surface area contributed by atoms with Crippen LogP contribution in [0.25, 0.3) is 44.5 Å². The average Bonchev–Trinajstić information content (AvgIpc) is 2.87. The Balaban J connectivity index is 0.00000336. The largest absolute Gasteiger partial charge is 0.507 e. The molecule has 0 bridgehead atoms. The molecule has 0 fully saturated rings. The van der Waals surface area contributed by atoms with Crippen LogP contribution < -0.4 is 0 Å². The molecule has 0 radical (unpaired) electrons. The number of phenols is 1. The summed E-state index contributed by atoms with van der Waals surface area (Å²) < 4.78 is 0. The molecule has 2 aromatic heterocycles. The summed E-state index contributed by atoms with van der Waals surface area (Å²) in [6.07, 6.45) is 1.84. The minimum absolute atomic E-state index is 0. The Morgan fingerprint density at radius 2 is 1.26 bits per heavy atom. The van der Waals surface area contributed by atoms with Gasteiger partial charge in [-0.3, -0.25) is 9.97 Å². The van der Waals surface area contributed by atoms with E-state index in [4.69, 9.17) is 9.97 Å². The van der Waals surface area contributed by atoms with Gasteiger partial charge in [0.2, 0.25) is 0 Å². The third-order valence-electron chi connectivity index (χ3n) is 6.81. The van der Waals surface area contributed by atoms with E-state index in [0.717, 1.165) is 50.1 Å². The Bertz CT molecular complexity index is 1600. The van der Waals surface area contributed by atoms with Crippen LogP contribution in [0.15, 0.2) is 85.1 Å². The van der Waals surface area contributed by atoms with Crippen molar-refractivity contribution in [2.75, 3.05) is 0 Å². The topological polar surface area (TPSA) is 46.0 Å². The number of hydrogen-bond acceptors (Lipinski definition) is 3. The van der Waals surface area contributed by atoms with Gasteiger partial charge in [-0.2, -0.15) is 0 Å². The van der Waals surface area contributed by atoms with Crippen molar-refractivity contribution in [3.63, 3.8) is 0 Å². The van der Waals surface area contributed by atoms with E-state index in [9.17, 15) is 5.11 Å². The molecule has 0 aliphatic rings. The smallest absolute Gasteiger partial charge is 0.124 e. The second-order valence-electron chi connectivity index (χ2n) is 11.7. The summed E-state index contributed by atoms with van der Waals surface area (Å²) >= 11 is 0. The third kappa shape index (κ3) is 5.59. The standard InChI is InChI=1S/C34H33N2O.Pt/c1-33(2,3)25-18-23(27-14-9-11-22-12-10-16-35-32(22)27)17-24(19-25)29-20-26(34(4,5)6)21-30(36-29)28-13-7-8-15-31(28)37;/h7-16,18-21,37H,1-6H3;/q-1;. The molecule has 0 aliphatic carbocycles. The molecule has 0 aliphatic heterocycles. The van der Waals surface area contributed by atoms with E-state index in [1.54, 1.807) is 6.07 Å². The van der Waals surface area contributed by atoms with Gasteiger partial charge < -0.3 is 5.11 Å². The summed E-state index contributed by atoms with van der Waals surface area (Å²) in [4.78, 5) is 9.76. The van der Waals surface area contributed by atoms with Crippen LogP contribution in [0, 0.1) is 6.07 Å². The molecule has 0 atom stereocenters. The quantitative estimate of drug-likeness (QED) is 0.194. The predicted octanol–water partition coefficient (Wildman–Crippen LogP) is 8.73. The van der Waals surface area contributed by atoms with Gasteiger partial charge in [0.25, 0.3) is 0 Å². The summed E-state index contributed by atoms with van der Waals surface area (Å²) in [5.41, 5.74) is 8.45. The van der Waals surface area contributed by atoms with E-state index in [2.05, 4.69) is 96.1 Å². The molecule has 196 valence electrons. The van der Waals surface area contributed by atoms with Gasteiger partial charge in [-0.15, -0.1) is 29.3 Å². The molecule has 3 nitrogen and oxygen atoms in total. The Morgan fingerprint density at radius 3 is 1.97 bits per heavy atom. The molecular formula is C34H33N2OPt-. The Morgan fingerprint density at radius 1 is 0.658 bits per heavy atom. The molecule has 0 amide bonds. The van der Waals surface area contributed by atoms with Crippen LogP contribution >= 0.6 is 0 Å². The fourth-order valence-electron chi connectivity index (χ4n) is 4.54. The Kier molecular flexibility index (Phi) is 7.64. The number of benzene rings is 3. The zero-order valence-corrected chi connectivity index (χ0v) is 25.0. The second kappa shape index (κ2) is 10.5. The van der Waals surface area contributed by atoms with Crippen molar-refractivity contribution in [2.24, 2.45) is 0 Å². The molecule has 2 heterocycles. The summed E-state index contributed by atoms with van der Waals surface area (Å²) in [7, 11) is 0. The number of rotatable bonds is 3. The van der Waals surface area contributed by atoms with E-state index in [0.29, 0.717) is 0 Å². The van der Waals surface area contributed by atoms with Gasteiger partial charge in [0, 0.05) is 44.0 Å². The van der Waals surface area contributed by atoms with E-state index in [1.807, 2.05) is 30.5 Å². The van der Waals surface area contributed by atoms with E-state index >= 15 is 0 Å². The van der Waals surface area contributed by atoms with Crippen LogP contribution in [-0.2, 0) is 31.9 Å². The van der Waals surface area contributed by atoms with Crippen molar-refractivity contribution in [2.45, 2.75) is 52.4 Å². The monoisotopic (exact) mass is 680 g/mol. The number of fused-ring (bicyclic) bond motifs is 1. The predicted molar refractivity (Wildman–Crippen MR) is 154 cm³/mol. The minimum Gasteiger partial charge on any atom is -0.507 e. The van der Waals surface area contributed by atoms with Crippen molar-refractivity contribution in [1.29, 1.82) is 0 Å². The van der Waals surface area contributed by atoms with Gasteiger partial charge in [-0.1, -0.05) is 95.1 Å². The SMILES string of the molecule is CC(C)(C)c1cc(-c2cc(C(C)(C)C)cc(-c3ccccc3O)n2)[c-]c(-c2cccc3cccnc23)c1.[Pt]. The van der Waals surface area contributed by atoms with Gasteiger partial charge in [0.15, 0.2) is 0 Å². The first kappa shape index (κ1) is 27.7. The number of aromatic nitrogens is 2. The van der Waals surface area contributed by atoms with E-state index in [1.165, 1.54) is 5.56 Å². The van der Waals surface area contributed by atoms with Gasteiger partial charge in [0.05, 0.1) is 5.69 Å². The summed E-state index contributed by atoms with van der Waals surface area (Å²) in [5.74, 6) is 0.224. The Hall–Kier alpha value is -3.29. The van der Waals surface area contributed by atoms with E-state index in [-0.39, 0.29) is 37.6 Å². The number of nitrogens with zero attached hydrogens (tertiary/aromatic N) is 2. The van der Waals surface area contributed by atoms with Crippen LogP contribution in [0.3, 0.4) is 0 Å². The van der Waals surface area contributed by atoms with Gasteiger partial charge in [-0.25, -0.2) is 0 Å². The molecular weight excluding hydrogens is 647 g/mol. The van der Waals surface area contributed by atoms with Gasteiger partial charge in [0.1, 0.15) is 5.75 Å². The minimum atomic E-state index is -0.0964. The zero-order chi connectivity index (χ0) is 26.4. The molecule has 5 rings (SSSR count). The fourth-order valence-corrected chi connectivity index (χ4v) is 4.54. The first-order valence-electron chi connectivity index (χ1n) is 12.7. The molecule has 0 spiro atoms. The molecule has 0 saturated carbocycles. The first-order chi connectivity index (χ1) is 17.5. The van der Waals surface area contributed by atoms with Gasteiger partial charge >= 0.3 is 0 Å². The molecule has 1 N–H and O–H groups in total. The maximum atomic E-state index is 10.6. The summed E-state index contributed by atoms with van der Waals surface area (Å²) in [6.45, 7) is 13.3. The Labute approximate surface area is 240 Å². The van der Waals surface area contributed by atoms with Crippen LogP contribution in [0.2, 0.25) is 0 Å². The normalized spacial score (nSPS) is 11.8. The number of pyridine rings is 2. The zero-order valence-electron chi connectivity index (χ0n) is 22.7. The number of aromatic hydroxyl groups is 1. The third-order valence-corrected chi connectivity index (χ3v) is 6.81. The average molecular weight is 681 g/mol. The molecule has 0 unspecified atom stereocenters. The maximum absolute atomic E-state index is 10.6. The van der Waals surface area contributed by atoms with Crippen LogP contribution in [0.5, 0.6) is 5.75 Å². The van der Waals surface area contributed by atoms with Crippen molar-refractivity contribution in [3.8, 4) is 39.4 Å². The second-order valence-corrected chi connectivity index (χ2v) is 11.7. The van der Waals surface area contributed by atoms with Crippen molar-refractivity contribution >= 4 is 10.9 Å². The van der Waals surface area contributed by atoms with Crippen molar-refractivity contribution < 1.29 is 26.2 Å². The van der Waals surface area contributed by atoms with Gasteiger partial charge in [-0.05, 0) is 46.0 Å². The maximum Gasteiger partial charge on any atom is 0.124 e. The summed E-state index contributed by atoms with van der Waals surface area (Å²) in [5, 5.41) is 11.7. The van der Waals surface area contributed by atoms with Crippen molar-refractivity contribution in [1.82, 2.24) is 9.97 Å².